The Hall–Kier alpha value is -0.850. The number of aliphatic hydroxyl groups excluding tert-OH is 5. The predicted octanol–water partition coefficient (Wildman–Crippen LogP) is -3.99. The van der Waals surface area contributed by atoms with Crippen LogP contribution in [0, 0.1) is 0 Å². The van der Waals surface area contributed by atoms with Crippen molar-refractivity contribution in [3.05, 3.63) is 0 Å². The minimum absolute atomic E-state index is 0. The van der Waals surface area contributed by atoms with Gasteiger partial charge in [0, 0.05) is 0 Å². The topological polar surface area (TPSA) is 240 Å². The van der Waals surface area contributed by atoms with Crippen LogP contribution in [-0.4, -0.2) is 73.1 Å². The molecular formula is C6H20N2O8. The van der Waals surface area contributed by atoms with Crippen molar-refractivity contribution in [1.29, 1.82) is 0 Å². The van der Waals surface area contributed by atoms with Gasteiger partial charge in [0.05, 0.1) is 6.61 Å². The summed E-state index contributed by atoms with van der Waals surface area (Å²) in [7, 11) is 0. The predicted molar refractivity (Wildman–Crippen MR) is 52.4 cm³/mol. The largest absolute Gasteiger partial charge is 0.479 e. The number of rotatable bonds is 5. The van der Waals surface area contributed by atoms with Crippen LogP contribution in [0.5, 0.6) is 0 Å². The highest BCUT2D eigenvalue weighted by Crippen LogP contribution is 2.04. The fourth-order valence-corrected chi connectivity index (χ4v) is 0.668. The van der Waals surface area contributed by atoms with Gasteiger partial charge in [-0.05, 0) is 0 Å². The van der Waals surface area contributed by atoms with Crippen molar-refractivity contribution < 1.29 is 40.9 Å². The molecule has 102 valence electrons. The standard InChI is InChI=1S/C6H12O7.2H3N.H2O/c7-1-2(8)3(9)4(10)5(11)6(12)13;;;/h2-5,7-11H,1H2,(H,12,13);2*1H3;1H2/t2-,3-,4+,5-;;;/m1.../s1. The summed E-state index contributed by atoms with van der Waals surface area (Å²) in [5.41, 5.74) is 0. The number of hydrogen-bond acceptors (Lipinski definition) is 8. The number of carboxylic acid groups (broad SMARTS) is 1. The van der Waals surface area contributed by atoms with Crippen LogP contribution in [-0.2, 0) is 4.79 Å². The second-order valence-corrected chi connectivity index (χ2v) is 2.51. The van der Waals surface area contributed by atoms with Crippen molar-refractivity contribution in [3.63, 3.8) is 0 Å². The van der Waals surface area contributed by atoms with Crippen LogP contribution in [0.2, 0.25) is 0 Å². The van der Waals surface area contributed by atoms with Crippen LogP contribution in [0.1, 0.15) is 0 Å². The summed E-state index contributed by atoms with van der Waals surface area (Å²) in [4.78, 5) is 10.1. The Balaban J connectivity index is -0.000000240. The molecule has 0 rings (SSSR count). The minimum Gasteiger partial charge on any atom is -0.479 e. The molecule has 0 unspecified atom stereocenters. The average Bonchev–Trinajstić information content (AvgIpc) is 2.12. The number of hydrogen-bond donors (Lipinski definition) is 8. The Labute approximate surface area is 91.2 Å². The third-order valence-electron chi connectivity index (χ3n) is 1.51. The van der Waals surface area contributed by atoms with E-state index in [1.54, 1.807) is 0 Å². The molecule has 0 aliphatic rings. The van der Waals surface area contributed by atoms with Gasteiger partial charge in [0.1, 0.15) is 18.3 Å². The van der Waals surface area contributed by atoms with Gasteiger partial charge in [-0.25, -0.2) is 4.79 Å². The Morgan fingerprint density at radius 3 is 1.62 bits per heavy atom. The molecule has 0 saturated carbocycles. The summed E-state index contributed by atoms with van der Waals surface area (Å²) >= 11 is 0. The van der Waals surface area contributed by atoms with E-state index in [0.29, 0.717) is 0 Å². The molecule has 0 saturated heterocycles. The van der Waals surface area contributed by atoms with Gasteiger partial charge in [0.2, 0.25) is 0 Å². The average molecular weight is 248 g/mol. The monoisotopic (exact) mass is 248 g/mol. The lowest BCUT2D eigenvalue weighted by Gasteiger charge is -2.23. The van der Waals surface area contributed by atoms with Crippen molar-refractivity contribution in [2.24, 2.45) is 0 Å². The Kier molecular flexibility index (Phi) is 16.3. The fraction of sp³-hybridized carbons (Fsp3) is 0.833. The van der Waals surface area contributed by atoms with Crippen molar-refractivity contribution in [2.75, 3.05) is 6.61 Å². The molecule has 0 aromatic heterocycles. The molecule has 14 N–H and O–H groups in total. The highest BCUT2D eigenvalue weighted by molar-refractivity contribution is 5.72. The maximum atomic E-state index is 10.1. The smallest absolute Gasteiger partial charge is 0.335 e. The summed E-state index contributed by atoms with van der Waals surface area (Å²) in [6, 6.07) is 0. The van der Waals surface area contributed by atoms with E-state index in [2.05, 4.69) is 0 Å². The first-order valence-corrected chi connectivity index (χ1v) is 3.47. The highest BCUT2D eigenvalue weighted by Gasteiger charge is 2.33. The van der Waals surface area contributed by atoms with E-state index < -0.39 is 37.0 Å². The van der Waals surface area contributed by atoms with Crippen LogP contribution in [0.4, 0.5) is 0 Å². The molecule has 0 aromatic carbocycles. The van der Waals surface area contributed by atoms with Crippen molar-refractivity contribution >= 4 is 5.97 Å². The van der Waals surface area contributed by atoms with Crippen LogP contribution in [0.15, 0.2) is 0 Å². The second-order valence-electron chi connectivity index (χ2n) is 2.51. The van der Waals surface area contributed by atoms with E-state index in [1.807, 2.05) is 0 Å². The van der Waals surface area contributed by atoms with Crippen molar-refractivity contribution in [3.8, 4) is 0 Å². The molecular weight excluding hydrogens is 228 g/mol. The molecule has 0 spiro atoms. The number of carbonyl (C=O) groups is 1. The summed E-state index contributed by atoms with van der Waals surface area (Å²) < 4.78 is 0. The van der Waals surface area contributed by atoms with Gasteiger partial charge < -0.3 is 48.4 Å². The van der Waals surface area contributed by atoms with Gasteiger partial charge in [-0.15, -0.1) is 0 Å². The maximum Gasteiger partial charge on any atom is 0.335 e. The van der Waals surface area contributed by atoms with Gasteiger partial charge in [0.15, 0.2) is 6.10 Å². The molecule has 0 aliphatic heterocycles. The first-order chi connectivity index (χ1) is 5.91. The summed E-state index contributed by atoms with van der Waals surface area (Å²) in [5.74, 6) is -1.73. The van der Waals surface area contributed by atoms with E-state index >= 15 is 0 Å². The Morgan fingerprint density at radius 1 is 1.00 bits per heavy atom. The van der Waals surface area contributed by atoms with Crippen LogP contribution < -0.4 is 12.3 Å². The third-order valence-corrected chi connectivity index (χ3v) is 1.51. The third kappa shape index (κ3) is 6.60. The first-order valence-electron chi connectivity index (χ1n) is 3.47. The van der Waals surface area contributed by atoms with Gasteiger partial charge in [-0.3, -0.25) is 0 Å². The number of carboxylic acids is 1. The van der Waals surface area contributed by atoms with E-state index in [4.69, 9.17) is 30.6 Å². The zero-order valence-corrected chi connectivity index (χ0v) is 8.52. The minimum atomic E-state index is -2.20. The molecule has 0 aliphatic carbocycles. The summed E-state index contributed by atoms with van der Waals surface area (Å²) in [6.07, 6.45) is -7.84. The molecule has 0 bridgehead atoms. The van der Waals surface area contributed by atoms with E-state index in [-0.39, 0.29) is 17.8 Å². The van der Waals surface area contributed by atoms with Crippen molar-refractivity contribution in [1.82, 2.24) is 12.3 Å². The highest BCUT2D eigenvalue weighted by atomic mass is 16.4. The molecule has 0 fully saturated rings. The van der Waals surface area contributed by atoms with E-state index in [1.165, 1.54) is 0 Å². The van der Waals surface area contributed by atoms with Gasteiger partial charge in [-0.2, -0.15) is 0 Å². The zero-order chi connectivity index (χ0) is 10.6. The zero-order valence-electron chi connectivity index (χ0n) is 8.52. The summed E-state index contributed by atoms with van der Waals surface area (Å²) in [5, 5.41) is 51.8. The van der Waals surface area contributed by atoms with Crippen molar-refractivity contribution in [2.45, 2.75) is 24.4 Å². The maximum absolute atomic E-state index is 10.1. The fourth-order valence-electron chi connectivity index (χ4n) is 0.668. The molecule has 0 radical (unpaired) electrons. The Morgan fingerprint density at radius 2 is 1.38 bits per heavy atom. The van der Waals surface area contributed by atoms with E-state index in [9.17, 15) is 4.79 Å². The lowest BCUT2D eigenvalue weighted by atomic mass is 10.0. The molecule has 4 atom stereocenters. The molecule has 0 aromatic rings. The molecule has 16 heavy (non-hydrogen) atoms. The summed E-state index contributed by atoms with van der Waals surface area (Å²) in [6.45, 7) is -0.843. The SMILES string of the molecule is N.N.O.O=C(O)[C@H](O)[C@@H](O)[C@H](O)[C@H](O)CO. The lowest BCUT2D eigenvalue weighted by molar-refractivity contribution is -0.164. The molecule has 10 nitrogen and oxygen atoms in total. The van der Waals surface area contributed by atoms with Gasteiger partial charge in [0.25, 0.3) is 0 Å². The second kappa shape index (κ2) is 10.7. The molecule has 0 amide bonds. The first kappa shape index (κ1) is 24.4. The molecule has 10 heteroatoms. The number of aliphatic carboxylic acids is 1. The van der Waals surface area contributed by atoms with Gasteiger partial charge >= 0.3 is 5.97 Å². The molecule has 0 heterocycles. The Bertz CT molecular complexity index is 180. The lowest BCUT2D eigenvalue weighted by Crippen LogP contribution is -2.48. The quantitative estimate of drug-likeness (QED) is 0.236. The van der Waals surface area contributed by atoms with Crippen LogP contribution in [0.3, 0.4) is 0 Å². The van der Waals surface area contributed by atoms with Gasteiger partial charge in [-0.1, -0.05) is 0 Å². The van der Waals surface area contributed by atoms with Crippen LogP contribution >= 0.6 is 0 Å². The van der Waals surface area contributed by atoms with E-state index in [0.717, 1.165) is 0 Å². The van der Waals surface area contributed by atoms with Crippen LogP contribution in [0.25, 0.3) is 0 Å². The number of aliphatic hydroxyl groups is 5. The normalized spacial score (nSPS) is 16.6.